The maximum atomic E-state index is 11.8. The van der Waals surface area contributed by atoms with Crippen molar-refractivity contribution in [3.05, 3.63) is 59.4 Å². The van der Waals surface area contributed by atoms with Crippen molar-refractivity contribution in [1.82, 2.24) is 15.1 Å². The molecular formula is C17H19N3O2. The van der Waals surface area contributed by atoms with E-state index in [2.05, 4.69) is 10.4 Å². The summed E-state index contributed by atoms with van der Waals surface area (Å²) < 4.78 is 7.35. The van der Waals surface area contributed by atoms with Gasteiger partial charge in [0.15, 0.2) is 0 Å². The van der Waals surface area contributed by atoms with Crippen LogP contribution in [-0.2, 0) is 29.1 Å². The first-order valence-electron chi connectivity index (χ1n) is 7.45. The average molecular weight is 297 g/mol. The van der Waals surface area contributed by atoms with E-state index in [0.717, 1.165) is 24.2 Å². The number of hydrogen-bond donors (Lipinski definition) is 1. The Kier molecular flexibility index (Phi) is 4.65. The lowest BCUT2D eigenvalue weighted by atomic mass is 10.2. The Morgan fingerprint density at radius 2 is 2.23 bits per heavy atom. The van der Waals surface area contributed by atoms with E-state index in [1.807, 2.05) is 47.3 Å². The normalized spacial score (nSPS) is 14.0. The molecule has 0 unspecified atom stereocenters. The second-order valence-corrected chi connectivity index (χ2v) is 5.18. The number of hydrogen-bond acceptors (Lipinski definition) is 3. The highest BCUT2D eigenvalue weighted by Gasteiger charge is 2.14. The summed E-state index contributed by atoms with van der Waals surface area (Å²) in [5.74, 6) is -0.0896. The zero-order valence-electron chi connectivity index (χ0n) is 12.4. The first kappa shape index (κ1) is 14.5. The molecule has 0 bridgehead atoms. The molecule has 1 aliphatic heterocycles. The Labute approximate surface area is 129 Å². The Balaban J connectivity index is 1.48. The molecule has 1 N–H and O–H groups in total. The van der Waals surface area contributed by atoms with Crippen LogP contribution in [-0.4, -0.2) is 28.8 Å². The zero-order valence-corrected chi connectivity index (χ0v) is 12.4. The highest BCUT2D eigenvalue weighted by molar-refractivity contribution is 5.91. The van der Waals surface area contributed by atoms with Crippen LogP contribution in [0.25, 0.3) is 6.08 Å². The zero-order chi connectivity index (χ0) is 15.2. The quantitative estimate of drug-likeness (QED) is 0.856. The number of amides is 1. The Hall–Kier alpha value is -2.40. The van der Waals surface area contributed by atoms with Gasteiger partial charge in [0.25, 0.3) is 0 Å². The smallest absolute Gasteiger partial charge is 0.244 e. The van der Waals surface area contributed by atoms with Gasteiger partial charge in [0.05, 0.1) is 26.0 Å². The van der Waals surface area contributed by atoms with Gasteiger partial charge in [0.2, 0.25) is 5.91 Å². The van der Waals surface area contributed by atoms with Crippen LogP contribution >= 0.6 is 0 Å². The molecule has 5 nitrogen and oxygen atoms in total. The van der Waals surface area contributed by atoms with Gasteiger partial charge in [-0.3, -0.25) is 9.48 Å². The van der Waals surface area contributed by atoms with E-state index in [1.165, 1.54) is 5.69 Å². The number of carbonyl (C=O) groups excluding carboxylic acids is 1. The van der Waals surface area contributed by atoms with Crippen LogP contribution < -0.4 is 5.32 Å². The lowest BCUT2D eigenvalue weighted by molar-refractivity contribution is -0.116. The molecule has 0 fully saturated rings. The predicted molar refractivity (Wildman–Crippen MR) is 84.1 cm³/mol. The summed E-state index contributed by atoms with van der Waals surface area (Å²) in [4.78, 5) is 11.8. The van der Waals surface area contributed by atoms with E-state index in [0.29, 0.717) is 19.7 Å². The van der Waals surface area contributed by atoms with Crippen LogP contribution in [0.5, 0.6) is 0 Å². The van der Waals surface area contributed by atoms with Crippen molar-refractivity contribution < 1.29 is 9.53 Å². The summed E-state index contributed by atoms with van der Waals surface area (Å²) in [7, 11) is 0. The fourth-order valence-corrected chi connectivity index (χ4v) is 2.48. The van der Waals surface area contributed by atoms with Crippen LogP contribution in [0.1, 0.15) is 16.8 Å². The highest BCUT2D eigenvalue weighted by Crippen LogP contribution is 2.15. The molecule has 2 aromatic rings. The topological polar surface area (TPSA) is 56.2 Å². The molecule has 0 aliphatic carbocycles. The third-order valence-corrected chi connectivity index (χ3v) is 3.63. The molecule has 5 heteroatoms. The molecule has 22 heavy (non-hydrogen) atoms. The lowest BCUT2D eigenvalue weighted by Crippen LogP contribution is -2.26. The molecule has 1 aromatic heterocycles. The van der Waals surface area contributed by atoms with Gasteiger partial charge in [-0.05, 0) is 11.6 Å². The van der Waals surface area contributed by atoms with E-state index in [-0.39, 0.29) is 5.91 Å². The molecule has 1 aromatic carbocycles. The number of rotatable bonds is 5. The molecule has 0 radical (unpaired) electrons. The van der Waals surface area contributed by atoms with E-state index >= 15 is 0 Å². The van der Waals surface area contributed by atoms with Gasteiger partial charge in [0, 0.05) is 30.3 Å². The molecule has 0 spiro atoms. The molecule has 0 saturated heterocycles. The Morgan fingerprint density at radius 3 is 3.09 bits per heavy atom. The largest absolute Gasteiger partial charge is 0.376 e. The van der Waals surface area contributed by atoms with E-state index in [4.69, 9.17) is 4.74 Å². The number of fused-ring (bicyclic) bond motifs is 1. The Bertz CT molecular complexity index is 662. The van der Waals surface area contributed by atoms with Crippen LogP contribution in [0, 0.1) is 0 Å². The number of ether oxygens (including phenoxy) is 1. The fourth-order valence-electron chi connectivity index (χ4n) is 2.48. The van der Waals surface area contributed by atoms with Crippen LogP contribution in [0.2, 0.25) is 0 Å². The SMILES string of the molecule is O=C(C=Cc1ccccc1)NCCn1ncc2c1CCOC2. The maximum Gasteiger partial charge on any atom is 0.244 e. The van der Waals surface area contributed by atoms with Crippen molar-refractivity contribution in [2.24, 2.45) is 0 Å². The predicted octanol–water partition coefficient (Wildman–Crippen LogP) is 1.79. The highest BCUT2D eigenvalue weighted by atomic mass is 16.5. The van der Waals surface area contributed by atoms with Crippen molar-refractivity contribution in [2.45, 2.75) is 19.6 Å². The fraction of sp³-hybridized carbons (Fsp3) is 0.294. The average Bonchev–Trinajstić information content (AvgIpc) is 2.97. The second kappa shape index (κ2) is 7.04. The molecule has 2 heterocycles. The molecule has 1 amide bonds. The van der Waals surface area contributed by atoms with Gasteiger partial charge in [-0.1, -0.05) is 30.3 Å². The maximum absolute atomic E-state index is 11.8. The van der Waals surface area contributed by atoms with Crippen LogP contribution in [0.4, 0.5) is 0 Å². The summed E-state index contributed by atoms with van der Waals surface area (Å²) >= 11 is 0. The Morgan fingerprint density at radius 1 is 1.36 bits per heavy atom. The van der Waals surface area contributed by atoms with Gasteiger partial charge >= 0.3 is 0 Å². The van der Waals surface area contributed by atoms with Crippen molar-refractivity contribution in [2.75, 3.05) is 13.2 Å². The summed E-state index contributed by atoms with van der Waals surface area (Å²) in [6.07, 6.45) is 6.10. The number of nitrogens with one attached hydrogen (secondary N) is 1. The van der Waals surface area contributed by atoms with Crippen molar-refractivity contribution in [3.63, 3.8) is 0 Å². The molecule has 3 rings (SSSR count). The third kappa shape index (κ3) is 3.62. The minimum atomic E-state index is -0.0896. The molecule has 114 valence electrons. The molecular weight excluding hydrogens is 278 g/mol. The van der Waals surface area contributed by atoms with E-state index < -0.39 is 0 Å². The third-order valence-electron chi connectivity index (χ3n) is 3.63. The molecule has 0 saturated carbocycles. The molecule has 1 aliphatic rings. The number of aromatic nitrogens is 2. The first-order chi connectivity index (χ1) is 10.8. The van der Waals surface area contributed by atoms with Crippen LogP contribution in [0.3, 0.4) is 0 Å². The molecule has 0 atom stereocenters. The number of carbonyl (C=O) groups is 1. The van der Waals surface area contributed by atoms with Gasteiger partial charge in [0.1, 0.15) is 0 Å². The van der Waals surface area contributed by atoms with Gasteiger partial charge in [-0.15, -0.1) is 0 Å². The van der Waals surface area contributed by atoms with Crippen molar-refractivity contribution >= 4 is 12.0 Å². The summed E-state index contributed by atoms with van der Waals surface area (Å²) in [5.41, 5.74) is 3.39. The summed E-state index contributed by atoms with van der Waals surface area (Å²) in [6.45, 7) is 2.62. The monoisotopic (exact) mass is 297 g/mol. The van der Waals surface area contributed by atoms with Crippen LogP contribution in [0.15, 0.2) is 42.6 Å². The van der Waals surface area contributed by atoms with E-state index in [9.17, 15) is 4.79 Å². The number of benzene rings is 1. The van der Waals surface area contributed by atoms with Gasteiger partial charge in [-0.25, -0.2) is 0 Å². The summed E-state index contributed by atoms with van der Waals surface area (Å²) in [6, 6.07) is 9.77. The standard InChI is InChI=1S/C17H19N3O2/c21-17(7-6-14-4-2-1-3-5-14)18-9-10-20-16-8-11-22-13-15(16)12-19-20/h1-7,12H,8-11,13H2,(H,18,21). The first-order valence-corrected chi connectivity index (χ1v) is 7.45. The van der Waals surface area contributed by atoms with Gasteiger partial charge in [-0.2, -0.15) is 5.10 Å². The van der Waals surface area contributed by atoms with Crippen molar-refractivity contribution in [3.8, 4) is 0 Å². The van der Waals surface area contributed by atoms with E-state index in [1.54, 1.807) is 6.08 Å². The summed E-state index contributed by atoms with van der Waals surface area (Å²) in [5, 5.41) is 7.24. The minimum absolute atomic E-state index is 0.0896. The van der Waals surface area contributed by atoms with Crippen molar-refractivity contribution in [1.29, 1.82) is 0 Å². The number of nitrogens with zero attached hydrogens (tertiary/aromatic N) is 2. The van der Waals surface area contributed by atoms with Gasteiger partial charge < -0.3 is 10.1 Å². The lowest BCUT2D eigenvalue weighted by Gasteiger charge is -2.14. The second-order valence-electron chi connectivity index (χ2n) is 5.18. The minimum Gasteiger partial charge on any atom is -0.376 e.